The van der Waals surface area contributed by atoms with Crippen LogP contribution in [0.2, 0.25) is 5.02 Å². The van der Waals surface area contributed by atoms with Crippen molar-refractivity contribution in [2.75, 3.05) is 26.0 Å². The minimum Gasteiger partial charge on any atom is -0.385 e. The zero-order valence-electron chi connectivity index (χ0n) is 17.6. The smallest absolute Gasteiger partial charge is 0.385 e. The summed E-state index contributed by atoms with van der Waals surface area (Å²) < 4.78 is 85.3. The van der Waals surface area contributed by atoms with Crippen molar-refractivity contribution in [3.8, 4) is 5.69 Å². The van der Waals surface area contributed by atoms with E-state index in [1.165, 1.54) is 26.2 Å². The van der Waals surface area contributed by atoms with E-state index in [1.54, 1.807) is 0 Å². The van der Waals surface area contributed by atoms with Crippen molar-refractivity contribution in [2.45, 2.75) is 33.1 Å². The molecule has 8 nitrogen and oxygen atoms in total. The summed E-state index contributed by atoms with van der Waals surface area (Å²) in [4.78, 5) is 18.1. The van der Waals surface area contributed by atoms with Gasteiger partial charge in [-0.25, -0.2) is 14.6 Å². The van der Waals surface area contributed by atoms with Gasteiger partial charge in [-0.2, -0.15) is 26.3 Å². The summed E-state index contributed by atoms with van der Waals surface area (Å²) in [7, 11) is 1.52. The number of alkyl halides is 6. The number of methoxy groups -OCH3 is 1. The Labute approximate surface area is 200 Å². The summed E-state index contributed by atoms with van der Waals surface area (Å²) in [6.07, 6.45) is -9.96. The number of nitrogens with zero attached hydrogens (tertiary/aromatic N) is 4. The van der Waals surface area contributed by atoms with Gasteiger partial charge in [-0.05, 0) is 31.0 Å². The molecule has 0 aliphatic heterocycles. The lowest BCUT2D eigenvalue weighted by atomic mass is 10.1. The van der Waals surface area contributed by atoms with E-state index in [2.05, 4.69) is 20.4 Å². The molecule has 2 heterocycles. The molecule has 0 aliphatic rings. The minimum absolute atomic E-state index is 0. The number of ether oxygens (including phenoxy) is 1. The lowest BCUT2D eigenvalue weighted by Gasteiger charge is -2.13. The van der Waals surface area contributed by atoms with E-state index >= 15 is 0 Å². The van der Waals surface area contributed by atoms with Crippen LogP contribution in [-0.2, 0) is 17.1 Å². The van der Waals surface area contributed by atoms with Crippen molar-refractivity contribution in [1.29, 1.82) is 0 Å². The van der Waals surface area contributed by atoms with Gasteiger partial charge in [0.15, 0.2) is 11.3 Å². The highest BCUT2D eigenvalue weighted by Gasteiger charge is 2.43. The molecule has 0 unspecified atom stereocenters. The maximum atomic E-state index is 13.5. The Bertz CT molecular complexity index is 1220. The topological polar surface area (TPSA) is 108 Å². The number of carbonyl (C=O) groups is 1. The molecule has 0 aliphatic carbocycles. The van der Waals surface area contributed by atoms with E-state index < -0.39 is 46.6 Å². The Hall–Kier alpha value is -3.13. The highest BCUT2D eigenvalue weighted by molar-refractivity contribution is 6.33. The first-order chi connectivity index (χ1) is 15.8. The molecule has 192 valence electrons. The largest absolute Gasteiger partial charge is 0.451 e. The first-order valence-corrected chi connectivity index (χ1v) is 9.91. The van der Waals surface area contributed by atoms with Crippen molar-refractivity contribution in [1.82, 2.24) is 25.1 Å². The number of aryl methyl sites for hydroxylation is 1. The van der Waals surface area contributed by atoms with Gasteiger partial charge in [0.05, 0.1) is 16.1 Å². The van der Waals surface area contributed by atoms with Gasteiger partial charge in [0, 0.05) is 25.8 Å². The van der Waals surface area contributed by atoms with Gasteiger partial charge in [0.2, 0.25) is 5.82 Å². The minimum atomic E-state index is -5.27. The number of nitrogens with one attached hydrogen (secondary N) is 1. The summed E-state index contributed by atoms with van der Waals surface area (Å²) in [5.74, 6) is -3.15. The van der Waals surface area contributed by atoms with Crippen LogP contribution < -0.4 is 11.1 Å². The Morgan fingerprint density at radius 3 is 2.37 bits per heavy atom. The lowest BCUT2D eigenvalue weighted by Crippen LogP contribution is -2.25. The van der Waals surface area contributed by atoms with Gasteiger partial charge in [-0.15, -0.1) is 5.10 Å². The predicted molar refractivity (Wildman–Crippen MR) is 116 cm³/mol. The highest BCUT2D eigenvalue weighted by atomic mass is 35.5. The van der Waals surface area contributed by atoms with E-state index in [9.17, 15) is 31.1 Å². The molecule has 3 rings (SSSR count). The van der Waals surface area contributed by atoms with Crippen molar-refractivity contribution in [3.05, 3.63) is 39.8 Å². The van der Waals surface area contributed by atoms with Gasteiger partial charge in [0.1, 0.15) is 5.82 Å². The first kappa shape index (κ1) is 28.1. The Kier molecular flexibility index (Phi) is 8.22. The standard InChI is InChI=1S/C19H17ClF6N6O2.CH4/c1-8-6-9(16(33)28-4-3-5-34-2)7-10(20)12(8)32-14(27)11-13(18(21,22)23)29-17(19(24,25)26)30-15(11)31-32;/h6-7H,3-5,27H2,1-2H3,(H,28,33);1H4. The maximum Gasteiger partial charge on any atom is 0.451 e. The van der Waals surface area contributed by atoms with Crippen LogP contribution in [0.4, 0.5) is 32.2 Å². The lowest BCUT2D eigenvalue weighted by molar-refractivity contribution is -0.151. The second kappa shape index (κ2) is 10.2. The molecule has 1 aromatic carbocycles. The van der Waals surface area contributed by atoms with Gasteiger partial charge in [0.25, 0.3) is 5.91 Å². The molecule has 0 bridgehead atoms. The second-order valence-corrected chi connectivity index (χ2v) is 7.52. The zero-order chi connectivity index (χ0) is 25.4. The Morgan fingerprint density at radius 1 is 1.17 bits per heavy atom. The van der Waals surface area contributed by atoms with Gasteiger partial charge >= 0.3 is 12.4 Å². The third-order valence-corrected chi connectivity index (χ3v) is 4.92. The molecule has 1 amide bonds. The molecule has 3 N–H and O–H groups in total. The van der Waals surface area contributed by atoms with Gasteiger partial charge in [-0.1, -0.05) is 19.0 Å². The van der Waals surface area contributed by atoms with Crippen LogP contribution >= 0.6 is 11.6 Å². The number of carbonyl (C=O) groups excluding carboxylic acids is 1. The number of hydrogen-bond donors (Lipinski definition) is 2. The molecular formula is C20H21ClF6N6O2. The molecule has 0 fully saturated rings. The summed E-state index contributed by atoms with van der Waals surface area (Å²) in [5.41, 5.74) is 3.44. The molecule has 35 heavy (non-hydrogen) atoms. The summed E-state index contributed by atoms with van der Waals surface area (Å²) in [5, 5.41) is 5.36. The molecule has 3 aromatic rings. The first-order valence-electron chi connectivity index (χ1n) is 9.54. The number of amides is 1. The van der Waals surface area contributed by atoms with E-state index in [0.29, 0.717) is 19.6 Å². The summed E-state index contributed by atoms with van der Waals surface area (Å²) in [6, 6.07) is 2.62. The quantitative estimate of drug-likeness (QED) is 0.353. The van der Waals surface area contributed by atoms with E-state index in [0.717, 1.165) is 4.68 Å². The Balaban J connectivity index is 0.00000432. The van der Waals surface area contributed by atoms with Crippen molar-refractivity contribution < 1.29 is 35.9 Å². The molecule has 0 spiro atoms. The molecule has 0 radical (unpaired) electrons. The number of aromatic nitrogens is 4. The predicted octanol–water partition coefficient (Wildman–Crippen LogP) is 4.80. The fourth-order valence-electron chi connectivity index (χ4n) is 3.17. The monoisotopic (exact) mass is 526 g/mol. The van der Waals surface area contributed by atoms with Crippen molar-refractivity contribution >= 4 is 34.4 Å². The van der Waals surface area contributed by atoms with Crippen LogP contribution in [-0.4, -0.2) is 45.9 Å². The zero-order valence-corrected chi connectivity index (χ0v) is 18.4. The van der Waals surface area contributed by atoms with Crippen LogP contribution in [0.3, 0.4) is 0 Å². The van der Waals surface area contributed by atoms with E-state index in [-0.39, 0.29) is 29.3 Å². The number of nitrogens with two attached hydrogens (primary N) is 1. The third kappa shape index (κ3) is 5.75. The SMILES string of the molecule is C.COCCCNC(=O)c1cc(C)c(-n2nc3nc(C(F)(F)F)nc(C(F)(F)F)c3c2N)c(Cl)c1. The third-order valence-electron chi connectivity index (χ3n) is 4.63. The van der Waals surface area contributed by atoms with Crippen LogP contribution in [0.25, 0.3) is 16.7 Å². The average Bonchev–Trinajstić information content (AvgIpc) is 3.04. The summed E-state index contributed by atoms with van der Waals surface area (Å²) >= 11 is 6.28. The average molecular weight is 527 g/mol. The van der Waals surface area contributed by atoms with E-state index in [1.807, 2.05) is 0 Å². The number of anilines is 1. The molecule has 0 saturated carbocycles. The van der Waals surface area contributed by atoms with Crippen LogP contribution in [0.5, 0.6) is 0 Å². The van der Waals surface area contributed by atoms with Crippen LogP contribution in [0, 0.1) is 6.92 Å². The number of benzene rings is 1. The Morgan fingerprint density at radius 2 is 1.83 bits per heavy atom. The second-order valence-electron chi connectivity index (χ2n) is 7.11. The van der Waals surface area contributed by atoms with Crippen LogP contribution in [0.1, 0.15) is 41.3 Å². The fraction of sp³-hybridized carbons (Fsp3) is 0.400. The van der Waals surface area contributed by atoms with Crippen molar-refractivity contribution in [2.24, 2.45) is 0 Å². The molecule has 0 saturated heterocycles. The number of rotatable bonds is 6. The summed E-state index contributed by atoms with van der Waals surface area (Å²) in [6.45, 7) is 2.24. The maximum absolute atomic E-state index is 13.5. The van der Waals surface area contributed by atoms with E-state index in [4.69, 9.17) is 22.1 Å². The molecular weight excluding hydrogens is 506 g/mol. The number of halogens is 7. The highest BCUT2D eigenvalue weighted by Crippen LogP contribution is 2.39. The normalized spacial score (nSPS) is 12.0. The molecule has 0 atom stereocenters. The van der Waals surface area contributed by atoms with Gasteiger partial charge < -0.3 is 15.8 Å². The molecule has 2 aromatic heterocycles. The molecule has 15 heteroatoms. The number of fused-ring (bicyclic) bond motifs is 1. The fourth-order valence-corrected chi connectivity index (χ4v) is 3.52. The number of nitrogen functional groups attached to an aromatic ring is 1. The van der Waals surface area contributed by atoms with Crippen molar-refractivity contribution in [3.63, 3.8) is 0 Å². The van der Waals surface area contributed by atoms with Crippen LogP contribution in [0.15, 0.2) is 12.1 Å². The van der Waals surface area contributed by atoms with Gasteiger partial charge in [-0.3, -0.25) is 4.79 Å². The number of hydrogen-bond acceptors (Lipinski definition) is 6.